The lowest BCUT2D eigenvalue weighted by atomic mass is 10.1. The van der Waals surface area contributed by atoms with Crippen molar-refractivity contribution in [2.45, 2.75) is 13.5 Å². The number of nitrogens with zero attached hydrogens (tertiary/aromatic N) is 5. The van der Waals surface area contributed by atoms with Crippen LogP contribution in [0.25, 0.3) is 22.4 Å². The molecule has 4 aromatic rings. The molecule has 0 aliphatic carbocycles. The summed E-state index contributed by atoms with van der Waals surface area (Å²) < 4.78 is 17.9. The van der Waals surface area contributed by atoms with E-state index in [1.165, 1.54) is 7.11 Å². The Kier molecular flexibility index (Phi) is 5.79. The molecule has 3 aromatic heterocycles. The van der Waals surface area contributed by atoms with Gasteiger partial charge in [-0.3, -0.25) is 0 Å². The van der Waals surface area contributed by atoms with Crippen molar-refractivity contribution < 1.29 is 14.2 Å². The van der Waals surface area contributed by atoms with Crippen molar-refractivity contribution in [3.8, 4) is 40.0 Å². The first-order valence-electron chi connectivity index (χ1n) is 9.70. The van der Waals surface area contributed by atoms with E-state index < -0.39 is 0 Å². The molecule has 0 N–H and O–H groups in total. The molecule has 1 aromatic carbocycles. The van der Waals surface area contributed by atoms with Gasteiger partial charge in [0.1, 0.15) is 11.4 Å². The first-order chi connectivity index (χ1) is 15.1. The highest BCUT2D eigenvalue weighted by atomic mass is 16.5. The summed E-state index contributed by atoms with van der Waals surface area (Å²) in [6.07, 6.45) is 5.77. The minimum Gasteiger partial charge on any atom is -0.497 e. The smallest absolute Gasteiger partial charge is 0.319 e. The lowest BCUT2D eigenvalue weighted by Crippen LogP contribution is -2.00. The minimum absolute atomic E-state index is 0.232. The van der Waals surface area contributed by atoms with E-state index in [4.69, 9.17) is 14.2 Å². The van der Waals surface area contributed by atoms with E-state index in [0.717, 1.165) is 34.7 Å². The quantitative estimate of drug-likeness (QED) is 0.452. The normalized spacial score (nSPS) is 10.7. The zero-order chi connectivity index (χ0) is 21.8. The molecule has 0 aliphatic heterocycles. The molecule has 0 radical (unpaired) electrons. The second-order valence-corrected chi connectivity index (χ2v) is 6.93. The summed E-state index contributed by atoms with van der Waals surface area (Å²) in [6.45, 7) is 2.68. The molecule has 0 atom stereocenters. The lowest BCUT2D eigenvalue weighted by molar-refractivity contribution is 0.353. The monoisotopic (exact) mass is 417 g/mol. The summed E-state index contributed by atoms with van der Waals surface area (Å²) in [5.41, 5.74) is 5.29. The summed E-state index contributed by atoms with van der Waals surface area (Å²) in [6, 6.07) is 12.3. The van der Waals surface area contributed by atoms with Gasteiger partial charge in [-0.2, -0.15) is 10.1 Å². The zero-order valence-corrected chi connectivity index (χ0v) is 17.9. The molecule has 0 bridgehead atoms. The number of benzene rings is 1. The topological polar surface area (TPSA) is 84.2 Å². The van der Waals surface area contributed by atoms with Crippen molar-refractivity contribution >= 4 is 0 Å². The van der Waals surface area contributed by atoms with Gasteiger partial charge in [0, 0.05) is 36.3 Å². The van der Waals surface area contributed by atoms with Crippen LogP contribution in [0.15, 0.2) is 55.0 Å². The van der Waals surface area contributed by atoms with E-state index in [-0.39, 0.29) is 6.01 Å². The van der Waals surface area contributed by atoms with Gasteiger partial charge >= 0.3 is 6.01 Å². The Labute approximate surface area is 180 Å². The van der Waals surface area contributed by atoms with Gasteiger partial charge in [-0.15, -0.1) is 5.10 Å². The maximum atomic E-state index is 5.39. The van der Waals surface area contributed by atoms with Crippen LogP contribution in [-0.4, -0.2) is 46.1 Å². The van der Waals surface area contributed by atoms with Crippen molar-refractivity contribution in [3.05, 3.63) is 66.2 Å². The fourth-order valence-corrected chi connectivity index (χ4v) is 3.34. The standard InChI is InChI=1S/C23H23N5O3/c1-15-19(11-21(27-26-15)20-12-24-23(31-4)25-22(20)30-3)17-8-9-28(14-17)13-16-6-5-7-18(10-16)29-2/h5-12,14H,13H2,1-4H3. The van der Waals surface area contributed by atoms with Crippen molar-refractivity contribution in [2.24, 2.45) is 0 Å². The van der Waals surface area contributed by atoms with E-state index in [1.54, 1.807) is 20.4 Å². The predicted octanol–water partition coefficient (Wildman–Crippen LogP) is 3.78. The van der Waals surface area contributed by atoms with Crippen molar-refractivity contribution in [2.75, 3.05) is 21.3 Å². The molecule has 0 aliphatic rings. The summed E-state index contributed by atoms with van der Waals surface area (Å²) in [5.74, 6) is 1.23. The molecule has 3 heterocycles. The molecule has 31 heavy (non-hydrogen) atoms. The Hall–Kier alpha value is -3.94. The fraction of sp³-hybridized carbons (Fsp3) is 0.217. The molecule has 0 unspecified atom stereocenters. The fourth-order valence-electron chi connectivity index (χ4n) is 3.34. The highest BCUT2D eigenvalue weighted by molar-refractivity contribution is 5.73. The largest absolute Gasteiger partial charge is 0.497 e. The molecule has 0 amide bonds. The van der Waals surface area contributed by atoms with E-state index in [9.17, 15) is 0 Å². The van der Waals surface area contributed by atoms with Crippen molar-refractivity contribution in [1.29, 1.82) is 0 Å². The molecular weight excluding hydrogens is 394 g/mol. The van der Waals surface area contributed by atoms with Crippen molar-refractivity contribution in [3.63, 3.8) is 0 Å². The summed E-state index contributed by atoms with van der Waals surface area (Å²) in [5, 5.41) is 8.67. The summed E-state index contributed by atoms with van der Waals surface area (Å²) in [4.78, 5) is 8.41. The molecular formula is C23H23N5O3. The highest BCUT2D eigenvalue weighted by Crippen LogP contribution is 2.31. The third-order valence-electron chi connectivity index (χ3n) is 4.92. The maximum absolute atomic E-state index is 5.39. The Balaban J connectivity index is 1.65. The molecule has 0 saturated heterocycles. The average Bonchev–Trinajstić information content (AvgIpc) is 3.27. The number of ether oxygens (including phenoxy) is 3. The molecule has 8 heteroatoms. The van der Waals surface area contributed by atoms with E-state index in [1.807, 2.05) is 37.4 Å². The molecule has 0 saturated carbocycles. The summed E-state index contributed by atoms with van der Waals surface area (Å²) >= 11 is 0. The maximum Gasteiger partial charge on any atom is 0.319 e. The number of methoxy groups -OCH3 is 3. The second kappa shape index (κ2) is 8.83. The molecule has 4 rings (SSSR count). The number of hydrogen-bond donors (Lipinski definition) is 0. The Morgan fingerprint density at radius 3 is 2.58 bits per heavy atom. The third kappa shape index (κ3) is 4.32. The lowest BCUT2D eigenvalue weighted by Gasteiger charge is -2.09. The van der Waals surface area contributed by atoms with Crippen LogP contribution < -0.4 is 14.2 Å². The van der Waals surface area contributed by atoms with E-state index >= 15 is 0 Å². The van der Waals surface area contributed by atoms with Crippen LogP contribution in [0.2, 0.25) is 0 Å². The molecule has 0 fully saturated rings. The Bertz CT molecular complexity index is 1210. The van der Waals surface area contributed by atoms with Crippen LogP contribution in [0.3, 0.4) is 0 Å². The SMILES string of the molecule is COc1cccc(Cn2ccc(-c3cc(-c4cnc(OC)nc4OC)nnc3C)c2)c1. The Morgan fingerprint density at radius 1 is 0.935 bits per heavy atom. The van der Waals surface area contributed by atoms with Gasteiger partial charge in [-0.1, -0.05) is 12.1 Å². The van der Waals surface area contributed by atoms with Crippen LogP contribution in [0.5, 0.6) is 17.6 Å². The summed E-state index contributed by atoms with van der Waals surface area (Å²) in [7, 11) is 4.73. The molecule has 0 spiro atoms. The van der Waals surface area contributed by atoms with Gasteiger partial charge in [-0.05, 0) is 36.8 Å². The van der Waals surface area contributed by atoms with Gasteiger partial charge in [0.25, 0.3) is 0 Å². The third-order valence-corrected chi connectivity index (χ3v) is 4.92. The van der Waals surface area contributed by atoms with E-state index in [2.05, 4.69) is 43.1 Å². The predicted molar refractivity (Wildman–Crippen MR) is 116 cm³/mol. The number of rotatable bonds is 7. The van der Waals surface area contributed by atoms with Gasteiger partial charge < -0.3 is 18.8 Å². The van der Waals surface area contributed by atoms with Crippen LogP contribution >= 0.6 is 0 Å². The number of aromatic nitrogens is 5. The zero-order valence-electron chi connectivity index (χ0n) is 17.9. The number of aryl methyl sites for hydroxylation is 1. The average molecular weight is 417 g/mol. The van der Waals surface area contributed by atoms with Crippen LogP contribution in [0.4, 0.5) is 0 Å². The Morgan fingerprint density at radius 2 is 1.81 bits per heavy atom. The highest BCUT2D eigenvalue weighted by Gasteiger charge is 2.15. The first kappa shape index (κ1) is 20.3. The van der Waals surface area contributed by atoms with Crippen LogP contribution in [0, 0.1) is 6.92 Å². The van der Waals surface area contributed by atoms with Gasteiger partial charge in [0.2, 0.25) is 5.88 Å². The molecule has 158 valence electrons. The minimum atomic E-state index is 0.232. The van der Waals surface area contributed by atoms with Crippen molar-refractivity contribution in [1.82, 2.24) is 24.7 Å². The van der Waals surface area contributed by atoms with Gasteiger partial charge in [-0.25, -0.2) is 4.98 Å². The molecule has 8 nitrogen and oxygen atoms in total. The van der Waals surface area contributed by atoms with E-state index in [0.29, 0.717) is 17.1 Å². The second-order valence-electron chi connectivity index (χ2n) is 6.93. The van der Waals surface area contributed by atoms with Gasteiger partial charge in [0.05, 0.1) is 32.6 Å². The van der Waals surface area contributed by atoms with Crippen LogP contribution in [0.1, 0.15) is 11.3 Å². The first-order valence-corrected chi connectivity index (χ1v) is 9.70. The number of hydrogen-bond acceptors (Lipinski definition) is 7. The van der Waals surface area contributed by atoms with Crippen LogP contribution in [-0.2, 0) is 6.54 Å². The van der Waals surface area contributed by atoms with Gasteiger partial charge in [0.15, 0.2) is 0 Å².